The van der Waals surface area contributed by atoms with Crippen molar-refractivity contribution in [1.82, 2.24) is 4.98 Å². The van der Waals surface area contributed by atoms with Crippen LogP contribution >= 0.6 is 0 Å². The van der Waals surface area contributed by atoms with E-state index in [0.29, 0.717) is 11.3 Å². The van der Waals surface area contributed by atoms with Gasteiger partial charge in [-0.3, -0.25) is 29.7 Å². The molecule has 0 fully saturated rings. The van der Waals surface area contributed by atoms with E-state index < -0.39 is 10.8 Å². The first-order valence-electron chi connectivity index (χ1n) is 8.22. The molecule has 0 bridgehead atoms. The molecule has 0 saturated carbocycles. The number of Topliss-reactive ketones (excluding diaryl/α,β-unsaturated/α-hetero) is 2. The smallest absolute Gasteiger partial charge is 0.270 e. The monoisotopic (exact) mass is 359 g/mol. The van der Waals surface area contributed by atoms with Gasteiger partial charge in [-0.25, -0.2) is 0 Å². The third kappa shape index (κ3) is 2.79. The Morgan fingerprint density at radius 2 is 1.96 bits per heavy atom. The number of ketones is 2. The minimum atomic E-state index is -1.05. The molecular weight excluding hydrogens is 346 g/mol. The van der Waals surface area contributed by atoms with E-state index >= 15 is 0 Å². The highest BCUT2D eigenvalue weighted by molar-refractivity contribution is 6.37. The molecule has 0 aliphatic heterocycles. The van der Waals surface area contributed by atoms with Crippen LogP contribution in [0.15, 0.2) is 59.7 Å². The van der Waals surface area contributed by atoms with E-state index in [1.165, 1.54) is 25.1 Å². The first-order valence-corrected chi connectivity index (χ1v) is 8.22. The van der Waals surface area contributed by atoms with Crippen LogP contribution < -0.4 is 0 Å². The van der Waals surface area contributed by atoms with Crippen molar-refractivity contribution < 1.29 is 14.5 Å². The molecule has 1 aliphatic rings. The number of hydrogen-bond donors (Lipinski definition) is 0. The maximum absolute atomic E-state index is 12.6. The highest BCUT2D eigenvalue weighted by Gasteiger charge is 2.40. The molecule has 0 radical (unpaired) electrons. The van der Waals surface area contributed by atoms with Crippen molar-refractivity contribution in [2.75, 3.05) is 0 Å². The van der Waals surface area contributed by atoms with Crippen molar-refractivity contribution in [3.05, 3.63) is 76.0 Å². The van der Waals surface area contributed by atoms with E-state index in [-0.39, 0.29) is 28.5 Å². The molecule has 4 rings (SSSR count). The highest BCUT2D eigenvalue weighted by Crippen LogP contribution is 2.33. The molecule has 2 aromatic carbocycles. The molecule has 1 aromatic heterocycles. The van der Waals surface area contributed by atoms with Crippen molar-refractivity contribution >= 4 is 39.6 Å². The third-order valence-electron chi connectivity index (χ3n) is 4.54. The SMILES string of the molecule is CC(=O)[C@H]1C(=O)c2ccc([N+](=O)[O-])cc2C1=Nc1ccc2cccnc2c1. The average Bonchev–Trinajstić information content (AvgIpc) is 2.93. The van der Waals surface area contributed by atoms with Crippen LogP contribution in [0, 0.1) is 16.0 Å². The van der Waals surface area contributed by atoms with Crippen molar-refractivity contribution in [2.24, 2.45) is 10.9 Å². The molecule has 7 heteroatoms. The minimum Gasteiger partial charge on any atom is -0.299 e. The minimum absolute atomic E-state index is 0.154. The Bertz CT molecular complexity index is 1170. The zero-order valence-electron chi connectivity index (χ0n) is 14.2. The van der Waals surface area contributed by atoms with Crippen LogP contribution in [0.5, 0.6) is 0 Å². The Balaban J connectivity index is 1.91. The molecule has 132 valence electrons. The molecule has 0 amide bonds. The van der Waals surface area contributed by atoms with Gasteiger partial charge in [0.1, 0.15) is 11.7 Å². The zero-order chi connectivity index (χ0) is 19.1. The number of carbonyl (C=O) groups is 2. The first kappa shape index (κ1) is 16.7. The van der Waals surface area contributed by atoms with Gasteiger partial charge in [0.15, 0.2) is 5.78 Å². The van der Waals surface area contributed by atoms with Gasteiger partial charge in [0.05, 0.1) is 21.8 Å². The maximum Gasteiger partial charge on any atom is 0.270 e. The lowest BCUT2D eigenvalue weighted by Crippen LogP contribution is -2.23. The topological polar surface area (TPSA) is 103 Å². The van der Waals surface area contributed by atoms with Gasteiger partial charge in [0.25, 0.3) is 5.69 Å². The fraction of sp³-hybridized carbons (Fsp3) is 0.100. The number of rotatable bonds is 3. The Hall–Kier alpha value is -3.74. The molecule has 0 N–H and O–H groups in total. The molecule has 7 nitrogen and oxygen atoms in total. The number of hydrogen-bond acceptors (Lipinski definition) is 6. The van der Waals surface area contributed by atoms with E-state index in [2.05, 4.69) is 9.98 Å². The van der Waals surface area contributed by atoms with Gasteiger partial charge < -0.3 is 0 Å². The van der Waals surface area contributed by atoms with Crippen LogP contribution in [-0.4, -0.2) is 27.2 Å². The number of non-ortho nitro benzene ring substituents is 1. The number of fused-ring (bicyclic) bond motifs is 2. The number of pyridine rings is 1. The largest absolute Gasteiger partial charge is 0.299 e. The lowest BCUT2D eigenvalue weighted by Gasteiger charge is -2.07. The normalized spacial score (nSPS) is 17.3. The van der Waals surface area contributed by atoms with Gasteiger partial charge in [-0.1, -0.05) is 12.1 Å². The highest BCUT2D eigenvalue weighted by atomic mass is 16.6. The lowest BCUT2D eigenvalue weighted by atomic mass is 9.99. The first-order chi connectivity index (χ1) is 13.0. The zero-order valence-corrected chi connectivity index (χ0v) is 14.2. The number of nitro benzene ring substituents is 1. The molecule has 0 saturated heterocycles. The van der Waals surface area contributed by atoms with Crippen LogP contribution in [-0.2, 0) is 4.79 Å². The second-order valence-electron chi connectivity index (χ2n) is 6.27. The predicted octanol–water partition coefficient (Wildman–Crippen LogP) is 3.67. The second kappa shape index (κ2) is 6.21. The number of carbonyl (C=O) groups excluding carboxylic acids is 2. The van der Waals surface area contributed by atoms with Crippen LogP contribution in [0.4, 0.5) is 11.4 Å². The van der Waals surface area contributed by atoms with Crippen LogP contribution in [0.2, 0.25) is 0 Å². The number of aromatic nitrogens is 1. The summed E-state index contributed by atoms with van der Waals surface area (Å²) in [7, 11) is 0. The molecular formula is C20H13N3O4. The quantitative estimate of drug-likeness (QED) is 0.403. The molecule has 1 heterocycles. The Morgan fingerprint density at radius 3 is 2.70 bits per heavy atom. The summed E-state index contributed by atoms with van der Waals surface area (Å²) in [5.41, 5.74) is 1.94. The predicted molar refractivity (Wildman–Crippen MR) is 99.5 cm³/mol. The maximum atomic E-state index is 12.6. The summed E-state index contributed by atoms with van der Waals surface area (Å²) in [5, 5.41) is 12.0. The summed E-state index contributed by atoms with van der Waals surface area (Å²) in [5.74, 6) is -1.79. The van der Waals surface area contributed by atoms with Gasteiger partial charge in [-0.15, -0.1) is 0 Å². The number of benzene rings is 2. The number of aliphatic imine (C=N–C) groups is 1. The van der Waals surface area contributed by atoms with Crippen molar-refractivity contribution in [2.45, 2.75) is 6.92 Å². The average molecular weight is 359 g/mol. The molecule has 27 heavy (non-hydrogen) atoms. The Labute approximate surface area is 153 Å². The van der Waals surface area contributed by atoms with Gasteiger partial charge in [0, 0.05) is 34.8 Å². The summed E-state index contributed by atoms with van der Waals surface area (Å²) in [6.07, 6.45) is 1.66. The lowest BCUT2D eigenvalue weighted by molar-refractivity contribution is -0.384. The summed E-state index contributed by atoms with van der Waals surface area (Å²) in [6.45, 7) is 1.32. The summed E-state index contributed by atoms with van der Waals surface area (Å²) >= 11 is 0. The van der Waals surface area contributed by atoms with E-state index in [9.17, 15) is 19.7 Å². The molecule has 1 aliphatic carbocycles. The molecule has 1 atom stereocenters. The molecule has 0 spiro atoms. The van der Waals surface area contributed by atoms with Gasteiger partial charge >= 0.3 is 0 Å². The standard InChI is InChI=1S/C20H13N3O4/c1-11(24)18-19(16-10-14(23(26)27)6-7-15(16)20(18)25)22-13-5-4-12-3-2-8-21-17(12)9-13/h2-10,18H,1H3/t18-/m1/s1. The van der Waals surface area contributed by atoms with E-state index in [1.807, 2.05) is 18.2 Å². The van der Waals surface area contributed by atoms with E-state index in [4.69, 9.17) is 0 Å². The van der Waals surface area contributed by atoms with Crippen molar-refractivity contribution in [3.8, 4) is 0 Å². The van der Waals surface area contributed by atoms with Crippen LogP contribution in [0.1, 0.15) is 22.8 Å². The third-order valence-corrected chi connectivity index (χ3v) is 4.54. The van der Waals surface area contributed by atoms with E-state index in [1.54, 1.807) is 18.3 Å². The number of nitro groups is 1. The van der Waals surface area contributed by atoms with Crippen LogP contribution in [0.3, 0.4) is 0 Å². The molecule has 0 unspecified atom stereocenters. The van der Waals surface area contributed by atoms with Crippen molar-refractivity contribution in [3.63, 3.8) is 0 Å². The van der Waals surface area contributed by atoms with Crippen LogP contribution in [0.25, 0.3) is 10.9 Å². The summed E-state index contributed by atoms with van der Waals surface area (Å²) in [4.78, 5) is 44.1. The van der Waals surface area contributed by atoms with Gasteiger partial charge in [0.2, 0.25) is 0 Å². The fourth-order valence-electron chi connectivity index (χ4n) is 3.27. The van der Waals surface area contributed by atoms with E-state index in [0.717, 1.165) is 10.9 Å². The Kier molecular flexibility index (Phi) is 3.84. The van der Waals surface area contributed by atoms with Gasteiger partial charge in [-0.05, 0) is 31.2 Å². The second-order valence-corrected chi connectivity index (χ2v) is 6.27. The summed E-state index contributed by atoms with van der Waals surface area (Å²) < 4.78 is 0. The fourth-order valence-corrected chi connectivity index (χ4v) is 3.27. The van der Waals surface area contributed by atoms with Crippen molar-refractivity contribution in [1.29, 1.82) is 0 Å². The Morgan fingerprint density at radius 1 is 1.15 bits per heavy atom. The van der Waals surface area contributed by atoms with Gasteiger partial charge in [-0.2, -0.15) is 0 Å². The molecule has 3 aromatic rings. The number of nitrogens with zero attached hydrogens (tertiary/aromatic N) is 3. The summed E-state index contributed by atoms with van der Waals surface area (Å²) in [6, 6.07) is 13.0.